The lowest BCUT2D eigenvalue weighted by Crippen LogP contribution is -2.18. The minimum Gasteiger partial charge on any atom is -0.478 e. The molecule has 104 valence electrons. The monoisotopic (exact) mass is 273 g/mol. The third-order valence-electron chi connectivity index (χ3n) is 3.23. The first-order valence-corrected chi connectivity index (χ1v) is 6.27. The predicted octanol–water partition coefficient (Wildman–Crippen LogP) is 3.47. The van der Waals surface area contributed by atoms with Crippen molar-refractivity contribution in [2.75, 3.05) is 11.9 Å². The standard InChI is InChI=1S/C16H16FNO2/c1-11-5-3-4-6-15(11)18(2)10-13-8-7-12(16(19)20)9-14(13)17/h3-9H,10H2,1-2H3,(H,19,20). The van der Waals surface area contributed by atoms with Crippen LogP contribution in [-0.2, 0) is 6.54 Å². The molecule has 0 unspecified atom stereocenters. The van der Waals surface area contributed by atoms with E-state index in [0.29, 0.717) is 12.1 Å². The van der Waals surface area contributed by atoms with Crippen LogP contribution in [0.25, 0.3) is 0 Å². The molecule has 0 aliphatic heterocycles. The molecule has 0 heterocycles. The molecule has 1 N–H and O–H groups in total. The molecule has 2 rings (SSSR count). The van der Waals surface area contributed by atoms with Crippen molar-refractivity contribution in [3.05, 3.63) is 65.0 Å². The van der Waals surface area contributed by atoms with Crippen molar-refractivity contribution in [3.63, 3.8) is 0 Å². The van der Waals surface area contributed by atoms with E-state index in [0.717, 1.165) is 17.3 Å². The van der Waals surface area contributed by atoms with Gasteiger partial charge in [0.1, 0.15) is 5.82 Å². The molecule has 0 saturated heterocycles. The summed E-state index contributed by atoms with van der Waals surface area (Å²) in [6.07, 6.45) is 0. The third kappa shape index (κ3) is 2.96. The van der Waals surface area contributed by atoms with E-state index < -0.39 is 11.8 Å². The first-order valence-electron chi connectivity index (χ1n) is 6.27. The molecule has 2 aromatic carbocycles. The average molecular weight is 273 g/mol. The number of rotatable bonds is 4. The molecule has 0 spiro atoms. The van der Waals surface area contributed by atoms with Gasteiger partial charge in [-0.05, 0) is 30.7 Å². The molecular formula is C16H16FNO2. The molecule has 0 aromatic heterocycles. The minimum atomic E-state index is -1.12. The Balaban J connectivity index is 2.22. The van der Waals surface area contributed by atoms with Gasteiger partial charge in [-0.15, -0.1) is 0 Å². The van der Waals surface area contributed by atoms with Crippen molar-refractivity contribution in [1.82, 2.24) is 0 Å². The zero-order chi connectivity index (χ0) is 14.7. The van der Waals surface area contributed by atoms with E-state index in [9.17, 15) is 9.18 Å². The molecule has 0 amide bonds. The molecule has 0 bridgehead atoms. The Morgan fingerprint density at radius 3 is 2.55 bits per heavy atom. The largest absolute Gasteiger partial charge is 0.478 e. The fourth-order valence-electron chi connectivity index (χ4n) is 2.14. The van der Waals surface area contributed by atoms with Crippen LogP contribution in [0.1, 0.15) is 21.5 Å². The van der Waals surface area contributed by atoms with Gasteiger partial charge >= 0.3 is 5.97 Å². The summed E-state index contributed by atoms with van der Waals surface area (Å²) in [5.41, 5.74) is 2.57. The van der Waals surface area contributed by atoms with Crippen LogP contribution in [0.15, 0.2) is 42.5 Å². The lowest BCUT2D eigenvalue weighted by molar-refractivity contribution is 0.0696. The van der Waals surface area contributed by atoms with Gasteiger partial charge in [0.25, 0.3) is 0 Å². The summed E-state index contributed by atoms with van der Waals surface area (Å²) < 4.78 is 13.9. The van der Waals surface area contributed by atoms with Crippen molar-refractivity contribution in [3.8, 4) is 0 Å². The van der Waals surface area contributed by atoms with Gasteiger partial charge in [-0.25, -0.2) is 9.18 Å². The number of anilines is 1. The smallest absolute Gasteiger partial charge is 0.335 e. The second-order valence-electron chi connectivity index (χ2n) is 4.75. The third-order valence-corrected chi connectivity index (χ3v) is 3.23. The Labute approximate surface area is 117 Å². The number of nitrogens with zero attached hydrogens (tertiary/aromatic N) is 1. The number of halogens is 1. The van der Waals surface area contributed by atoms with Gasteiger partial charge in [-0.3, -0.25) is 0 Å². The zero-order valence-electron chi connectivity index (χ0n) is 11.4. The van der Waals surface area contributed by atoms with Crippen LogP contribution in [-0.4, -0.2) is 18.1 Å². The van der Waals surface area contributed by atoms with Crippen molar-refractivity contribution in [2.24, 2.45) is 0 Å². The van der Waals surface area contributed by atoms with E-state index in [-0.39, 0.29) is 5.56 Å². The maximum absolute atomic E-state index is 13.9. The van der Waals surface area contributed by atoms with E-state index in [4.69, 9.17) is 5.11 Å². The van der Waals surface area contributed by atoms with E-state index in [1.54, 1.807) is 0 Å². The molecular weight excluding hydrogens is 257 g/mol. The van der Waals surface area contributed by atoms with Crippen molar-refractivity contribution >= 4 is 11.7 Å². The summed E-state index contributed by atoms with van der Waals surface area (Å²) in [7, 11) is 1.88. The van der Waals surface area contributed by atoms with Gasteiger partial charge in [0.05, 0.1) is 5.56 Å². The summed E-state index contributed by atoms with van der Waals surface area (Å²) in [5, 5.41) is 8.82. The van der Waals surface area contributed by atoms with Gasteiger partial charge in [-0.1, -0.05) is 24.3 Å². The number of carboxylic acids is 1. The summed E-state index contributed by atoms with van der Waals surface area (Å²) in [4.78, 5) is 12.7. The maximum atomic E-state index is 13.9. The van der Waals surface area contributed by atoms with Crippen LogP contribution >= 0.6 is 0 Å². The van der Waals surface area contributed by atoms with E-state index in [1.807, 2.05) is 43.1 Å². The maximum Gasteiger partial charge on any atom is 0.335 e. The Morgan fingerprint density at radius 2 is 1.95 bits per heavy atom. The topological polar surface area (TPSA) is 40.5 Å². The highest BCUT2D eigenvalue weighted by Gasteiger charge is 2.11. The Hall–Kier alpha value is -2.36. The minimum absolute atomic E-state index is 0.0372. The number of hydrogen-bond donors (Lipinski definition) is 1. The van der Waals surface area contributed by atoms with Gasteiger partial charge in [0.15, 0.2) is 0 Å². The zero-order valence-corrected chi connectivity index (χ0v) is 11.4. The molecule has 0 aliphatic rings. The van der Waals surface area contributed by atoms with E-state index in [2.05, 4.69) is 0 Å². The normalized spacial score (nSPS) is 10.3. The second-order valence-corrected chi connectivity index (χ2v) is 4.75. The van der Waals surface area contributed by atoms with Crippen LogP contribution in [0.5, 0.6) is 0 Å². The lowest BCUT2D eigenvalue weighted by atomic mass is 10.1. The number of benzene rings is 2. The van der Waals surface area contributed by atoms with Crippen LogP contribution in [0.4, 0.5) is 10.1 Å². The number of aromatic carboxylic acids is 1. The number of carbonyl (C=O) groups is 1. The Kier molecular flexibility index (Phi) is 4.03. The highest BCUT2D eigenvalue weighted by Crippen LogP contribution is 2.21. The summed E-state index contributed by atoms with van der Waals surface area (Å²) in [6.45, 7) is 2.38. The van der Waals surface area contributed by atoms with Crippen molar-refractivity contribution < 1.29 is 14.3 Å². The van der Waals surface area contributed by atoms with Crippen molar-refractivity contribution in [1.29, 1.82) is 0 Å². The highest BCUT2D eigenvalue weighted by atomic mass is 19.1. The van der Waals surface area contributed by atoms with Gasteiger partial charge in [-0.2, -0.15) is 0 Å². The molecule has 0 atom stereocenters. The summed E-state index contributed by atoms with van der Waals surface area (Å²) in [5.74, 6) is -1.62. The molecule has 4 heteroatoms. The van der Waals surface area contributed by atoms with Crippen LogP contribution in [0, 0.1) is 12.7 Å². The van der Waals surface area contributed by atoms with Crippen LogP contribution < -0.4 is 4.90 Å². The highest BCUT2D eigenvalue weighted by molar-refractivity contribution is 5.87. The lowest BCUT2D eigenvalue weighted by Gasteiger charge is -2.21. The SMILES string of the molecule is Cc1ccccc1N(C)Cc1ccc(C(=O)O)cc1F. The predicted molar refractivity (Wildman–Crippen MR) is 76.6 cm³/mol. The molecule has 0 fully saturated rings. The first-order chi connectivity index (χ1) is 9.49. The molecule has 2 aromatic rings. The quantitative estimate of drug-likeness (QED) is 0.927. The van der Waals surface area contributed by atoms with E-state index in [1.165, 1.54) is 12.1 Å². The number of aryl methyl sites for hydroxylation is 1. The van der Waals surface area contributed by atoms with Crippen LogP contribution in [0.3, 0.4) is 0 Å². The van der Waals surface area contributed by atoms with Crippen molar-refractivity contribution in [2.45, 2.75) is 13.5 Å². The molecule has 0 radical (unpaired) electrons. The average Bonchev–Trinajstić information content (AvgIpc) is 2.41. The number of hydrogen-bond acceptors (Lipinski definition) is 2. The molecule has 0 saturated carbocycles. The summed E-state index contributed by atoms with van der Waals surface area (Å²) in [6, 6.07) is 11.9. The van der Waals surface area contributed by atoms with E-state index >= 15 is 0 Å². The number of para-hydroxylation sites is 1. The fourth-order valence-corrected chi connectivity index (χ4v) is 2.14. The van der Waals surface area contributed by atoms with Gasteiger partial charge in [0.2, 0.25) is 0 Å². The molecule has 20 heavy (non-hydrogen) atoms. The number of carboxylic acid groups (broad SMARTS) is 1. The van der Waals surface area contributed by atoms with Gasteiger partial charge in [0, 0.05) is 24.8 Å². The summed E-state index contributed by atoms with van der Waals surface area (Å²) >= 11 is 0. The Morgan fingerprint density at radius 1 is 1.25 bits per heavy atom. The second kappa shape index (κ2) is 5.74. The molecule has 3 nitrogen and oxygen atoms in total. The first kappa shape index (κ1) is 14.1. The molecule has 0 aliphatic carbocycles. The fraction of sp³-hybridized carbons (Fsp3) is 0.188. The Bertz CT molecular complexity index is 640. The van der Waals surface area contributed by atoms with Crippen LogP contribution in [0.2, 0.25) is 0 Å². The van der Waals surface area contributed by atoms with Gasteiger partial charge < -0.3 is 10.0 Å².